The molecule has 154 valence electrons. The molecule has 9 nitrogen and oxygen atoms in total. The molecule has 0 bridgehead atoms. The molecule has 0 aromatic heterocycles. The van der Waals surface area contributed by atoms with E-state index in [-0.39, 0.29) is 22.4 Å². The molecule has 2 aliphatic rings. The first-order chi connectivity index (χ1) is 13.9. The molecule has 0 saturated carbocycles. The second-order valence-electron chi connectivity index (χ2n) is 6.77. The summed E-state index contributed by atoms with van der Waals surface area (Å²) in [6.45, 7) is 1.26. The van der Waals surface area contributed by atoms with Crippen LogP contribution >= 0.6 is 0 Å². The number of nitrogens with zero attached hydrogens (tertiary/aromatic N) is 2. The highest BCUT2D eigenvalue weighted by molar-refractivity contribution is 7.89. The fourth-order valence-corrected chi connectivity index (χ4v) is 5.44. The lowest BCUT2D eigenvalue weighted by Crippen LogP contribution is -2.30. The molecule has 0 aliphatic carbocycles. The Morgan fingerprint density at radius 1 is 1.14 bits per heavy atom. The number of hydrogen-bond donors (Lipinski definition) is 0. The van der Waals surface area contributed by atoms with Crippen molar-refractivity contribution in [3.8, 4) is 17.2 Å². The Balaban J connectivity index is 1.69. The molecule has 0 unspecified atom stereocenters. The van der Waals surface area contributed by atoms with Crippen LogP contribution in [0.2, 0.25) is 0 Å². The van der Waals surface area contributed by atoms with E-state index in [2.05, 4.69) is 0 Å². The van der Waals surface area contributed by atoms with Crippen LogP contribution in [-0.4, -0.2) is 44.5 Å². The molecule has 10 heteroatoms. The summed E-state index contributed by atoms with van der Waals surface area (Å²) in [6.07, 6.45) is 1.34. The summed E-state index contributed by atoms with van der Waals surface area (Å²) < 4.78 is 44.1. The largest absolute Gasteiger partial charge is 0.490 e. The summed E-state index contributed by atoms with van der Waals surface area (Å²) >= 11 is 0. The molecule has 0 N–H and O–H groups in total. The number of methoxy groups -OCH3 is 1. The van der Waals surface area contributed by atoms with Crippen molar-refractivity contribution in [1.82, 2.24) is 4.31 Å². The molecule has 1 fully saturated rings. The zero-order valence-corrected chi connectivity index (χ0v) is 16.6. The molecule has 2 aromatic carbocycles. The Hall–Kier alpha value is -2.85. The van der Waals surface area contributed by atoms with Crippen LogP contribution in [-0.2, 0) is 10.0 Å². The highest BCUT2D eigenvalue weighted by atomic mass is 32.2. The molecular formula is C19H20N2O7S. The van der Waals surface area contributed by atoms with Gasteiger partial charge in [0.05, 0.1) is 23.0 Å². The maximum Gasteiger partial charge on any atom is 0.312 e. The third-order valence-corrected chi connectivity index (χ3v) is 7.01. The first kappa shape index (κ1) is 19.5. The van der Waals surface area contributed by atoms with Gasteiger partial charge in [0.1, 0.15) is 13.2 Å². The van der Waals surface area contributed by atoms with E-state index in [9.17, 15) is 18.5 Å². The fraction of sp³-hybridized carbons (Fsp3) is 0.368. The van der Waals surface area contributed by atoms with Gasteiger partial charge in [-0.05, 0) is 42.7 Å². The van der Waals surface area contributed by atoms with E-state index < -0.39 is 14.9 Å². The lowest BCUT2D eigenvalue weighted by molar-refractivity contribution is -0.386. The first-order valence-corrected chi connectivity index (χ1v) is 10.6. The number of sulfonamides is 1. The van der Waals surface area contributed by atoms with Crippen LogP contribution in [0.5, 0.6) is 17.2 Å². The van der Waals surface area contributed by atoms with E-state index in [1.165, 1.54) is 23.5 Å². The number of hydrogen-bond acceptors (Lipinski definition) is 7. The highest BCUT2D eigenvalue weighted by Gasteiger charge is 2.37. The van der Waals surface area contributed by atoms with Crippen molar-refractivity contribution in [2.75, 3.05) is 26.9 Å². The molecule has 29 heavy (non-hydrogen) atoms. The van der Waals surface area contributed by atoms with Crippen molar-refractivity contribution < 1.29 is 27.6 Å². The third kappa shape index (κ3) is 3.49. The van der Waals surface area contributed by atoms with E-state index in [1.807, 2.05) is 12.1 Å². The summed E-state index contributed by atoms with van der Waals surface area (Å²) in [6, 6.07) is 8.74. The van der Waals surface area contributed by atoms with Gasteiger partial charge in [-0.2, -0.15) is 4.31 Å². The smallest absolute Gasteiger partial charge is 0.312 e. The molecule has 2 heterocycles. The predicted octanol–water partition coefficient (Wildman–Crippen LogP) is 2.90. The van der Waals surface area contributed by atoms with Crippen molar-refractivity contribution in [3.63, 3.8) is 0 Å². The van der Waals surface area contributed by atoms with E-state index in [4.69, 9.17) is 14.2 Å². The summed E-state index contributed by atoms with van der Waals surface area (Å²) in [5.74, 6) is 1.25. The molecule has 4 rings (SSSR count). The number of nitro benzene ring substituents is 1. The molecule has 2 aliphatic heterocycles. The van der Waals surface area contributed by atoms with Crippen LogP contribution in [0.3, 0.4) is 0 Å². The third-order valence-electron chi connectivity index (χ3n) is 5.11. The quantitative estimate of drug-likeness (QED) is 0.540. The maximum atomic E-state index is 13.3. The standard InChI is InChI=1S/C19H20N2O7S/c1-26-17-7-5-14(12-16(17)21(22)23)29(24,25)20-8-2-3-15(20)13-4-6-18-19(11-13)28-10-9-27-18/h4-7,11-12,15H,2-3,8-10H2,1H3/t15-/m0/s1. The lowest BCUT2D eigenvalue weighted by Gasteiger charge is -2.26. The number of benzene rings is 2. The molecule has 0 spiro atoms. The summed E-state index contributed by atoms with van der Waals surface area (Å²) in [4.78, 5) is 10.5. The van der Waals surface area contributed by atoms with Crippen LogP contribution < -0.4 is 14.2 Å². The van der Waals surface area contributed by atoms with Crippen LogP contribution in [0.1, 0.15) is 24.4 Å². The van der Waals surface area contributed by atoms with Gasteiger partial charge in [-0.1, -0.05) is 6.07 Å². The van der Waals surface area contributed by atoms with Gasteiger partial charge in [0.25, 0.3) is 0 Å². The van der Waals surface area contributed by atoms with Crippen molar-refractivity contribution in [2.24, 2.45) is 0 Å². The van der Waals surface area contributed by atoms with Crippen molar-refractivity contribution in [1.29, 1.82) is 0 Å². The zero-order chi connectivity index (χ0) is 20.6. The highest BCUT2D eigenvalue weighted by Crippen LogP contribution is 2.41. The van der Waals surface area contributed by atoms with E-state index in [0.29, 0.717) is 44.1 Å². The minimum absolute atomic E-state index is 0.0127. The predicted molar refractivity (Wildman–Crippen MR) is 103 cm³/mol. The Labute approximate surface area is 168 Å². The Morgan fingerprint density at radius 2 is 1.90 bits per heavy atom. The SMILES string of the molecule is COc1ccc(S(=O)(=O)N2CCC[C@H]2c2ccc3c(c2)OCCO3)cc1[N+](=O)[O-]. The Bertz CT molecular complexity index is 1050. The van der Waals surface area contributed by atoms with Gasteiger partial charge < -0.3 is 14.2 Å². The van der Waals surface area contributed by atoms with E-state index >= 15 is 0 Å². The normalized spacial score (nSPS) is 19.1. The van der Waals surface area contributed by atoms with Gasteiger partial charge >= 0.3 is 5.69 Å². The van der Waals surface area contributed by atoms with Crippen LogP contribution in [0.25, 0.3) is 0 Å². The monoisotopic (exact) mass is 420 g/mol. The van der Waals surface area contributed by atoms with Crippen LogP contribution in [0.4, 0.5) is 5.69 Å². The molecule has 0 radical (unpaired) electrons. The summed E-state index contributed by atoms with van der Waals surface area (Å²) in [5, 5.41) is 11.3. The number of fused-ring (bicyclic) bond motifs is 1. The van der Waals surface area contributed by atoms with E-state index in [0.717, 1.165) is 11.6 Å². The molecular weight excluding hydrogens is 400 g/mol. The first-order valence-electron chi connectivity index (χ1n) is 9.15. The molecule has 2 aromatic rings. The summed E-state index contributed by atoms with van der Waals surface area (Å²) in [5.41, 5.74) is 0.419. The van der Waals surface area contributed by atoms with Gasteiger partial charge in [0.15, 0.2) is 17.2 Å². The summed E-state index contributed by atoms with van der Waals surface area (Å²) in [7, 11) is -2.64. The molecule has 1 saturated heterocycles. The van der Waals surface area contributed by atoms with Gasteiger partial charge in [-0.25, -0.2) is 8.42 Å². The molecule has 1 atom stereocenters. The number of rotatable bonds is 5. The van der Waals surface area contributed by atoms with Gasteiger partial charge in [0, 0.05) is 12.6 Å². The second kappa shape index (κ2) is 7.53. The van der Waals surface area contributed by atoms with Crippen molar-refractivity contribution >= 4 is 15.7 Å². The van der Waals surface area contributed by atoms with Crippen molar-refractivity contribution in [3.05, 3.63) is 52.1 Å². The second-order valence-corrected chi connectivity index (χ2v) is 8.66. The number of ether oxygens (including phenoxy) is 3. The average Bonchev–Trinajstić information content (AvgIpc) is 3.23. The maximum absolute atomic E-state index is 13.3. The van der Waals surface area contributed by atoms with E-state index in [1.54, 1.807) is 6.07 Å². The minimum atomic E-state index is -3.94. The fourth-order valence-electron chi connectivity index (χ4n) is 3.74. The minimum Gasteiger partial charge on any atom is -0.490 e. The Morgan fingerprint density at radius 3 is 2.62 bits per heavy atom. The Kier molecular flexibility index (Phi) is 5.05. The van der Waals surface area contributed by atoms with Crippen LogP contribution in [0, 0.1) is 10.1 Å². The topological polar surface area (TPSA) is 108 Å². The average molecular weight is 420 g/mol. The van der Waals surface area contributed by atoms with Gasteiger partial charge in [-0.15, -0.1) is 0 Å². The number of nitro groups is 1. The van der Waals surface area contributed by atoms with Crippen molar-refractivity contribution in [2.45, 2.75) is 23.8 Å². The molecule has 0 amide bonds. The van der Waals surface area contributed by atoms with Gasteiger partial charge in [-0.3, -0.25) is 10.1 Å². The zero-order valence-electron chi connectivity index (χ0n) is 15.7. The van der Waals surface area contributed by atoms with Crippen LogP contribution in [0.15, 0.2) is 41.3 Å². The lowest BCUT2D eigenvalue weighted by atomic mass is 10.0. The van der Waals surface area contributed by atoms with Gasteiger partial charge in [0.2, 0.25) is 10.0 Å².